The zero-order valence-electron chi connectivity index (χ0n) is 11.3. The van der Waals surface area contributed by atoms with Gasteiger partial charge in [0.1, 0.15) is 0 Å². The number of rotatable bonds is 7. The monoisotopic (exact) mass is 249 g/mol. The Morgan fingerprint density at radius 1 is 1.50 bits per heavy atom. The van der Waals surface area contributed by atoms with Crippen molar-refractivity contribution < 1.29 is 4.74 Å². The summed E-state index contributed by atoms with van der Waals surface area (Å²) in [6.45, 7) is 4.54. The topological polar surface area (TPSA) is 51.4 Å². The second-order valence-electron chi connectivity index (χ2n) is 5.17. The van der Waals surface area contributed by atoms with Crippen molar-refractivity contribution in [2.24, 2.45) is 11.7 Å². The van der Waals surface area contributed by atoms with Gasteiger partial charge in [0.25, 0.3) is 0 Å². The minimum absolute atomic E-state index is 0.00812. The number of ether oxygens (including phenoxy) is 1. The lowest BCUT2D eigenvalue weighted by Gasteiger charge is -2.19. The standard InChI is InChI=1S/C14H23N3O/c1-11(15)14-6-5-13(9-16-14)17(2)7-8-18-10-12-3-4-12/h5-6,9,11-12H,3-4,7-8,10,15H2,1-2H3. The van der Waals surface area contributed by atoms with Crippen LogP contribution in [0.2, 0.25) is 0 Å². The largest absolute Gasteiger partial charge is 0.379 e. The summed E-state index contributed by atoms with van der Waals surface area (Å²) in [5.41, 5.74) is 7.81. The first-order valence-corrected chi connectivity index (χ1v) is 6.67. The molecule has 1 aliphatic rings. The van der Waals surface area contributed by atoms with Gasteiger partial charge < -0.3 is 15.4 Å². The summed E-state index contributed by atoms with van der Waals surface area (Å²) in [5.74, 6) is 0.835. The van der Waals surface area contributed by atoms with Crippen molar-refractivity contribution in [1.29, 1.82) is 0 Å². The molecule has 0 spiro atoms. The highest BCUT2D eigenvalue weighted by Crippen LogP contribution is 2.28. The SMILES string of the molecule is CC(N)c1ccc(N(C)CCOCC2CC2)cn1. The van der Waals surface area contributed by atoms with Gasteiger partial charge in [-0.05, 0) is 37.8 Å². The zero-order chi connectivity index (χ0) is 13.0. The third kappa shape index (κ3) is 3.96. The number of hydrogen-bond acceptors (Lipinski definition) is 4. The van der Waals surface area contributed by atoms with Crippen LogP contribution in [0, 0.1) is 5.92 Å². The molecular weight excluding hydrogens is 226 g/mol. The molecule has 0 saturated heterocycles. The normalized spacial score (nSPS) is 16.6. The molecule has 1 aromatic rings. The summed E-state index contributed by atoms with van der Waals surface area (Å²) in [6, 6.07) is 4.04. The molecule has 1 heterocycles. The van der Waals surface area contributed by atoms with Crippen LogP contribution in [0.3, 0.4) is 0 Å². The predicted octanol–water partition coefficient (Wildman–Crippen LogP) is 1.96. The van der Waals surface area contributed by atoms with Crippen molar-refractivity contribution in [2.45, 2.75) is 25.8 Å². The highest BCUT2D eigenvalue weighted by atomic mass is 16.5. The van der Waals surface area contributed by atoms with Gasteiger partial charge in [0.2, 0.25) is 0 Å². The van der Waals surface area contributed by atoms with Crippen molar-refractivity contribution in [1.82, 2.24) is 4.98 Å². The molecule has 0 amide bonds. The molecule has 1 unspecified atom stereocenters. The van der Waals surface area contributed by atoms with Crippen molar-refractivity contribution in [3.8, 4) is 0 Å². The Morgan fingerprint density at radius 3 is 2.83 bits per heavy atom. The Hall–Kier alpha value is -1.13. The number of hydrogen-bond donors (Lipinski definition) is 1. The first-order valence-electron chi connectivity index (χ1n) is 6.67. The van der Waals surface area contributed by atoms with E-state index in [4.69, 9.17) is 10.5 Å². The molecule has 1 saturated carbocycles. The Kier molecular flexibility index (Phi) is 4.55. The van der Waals surface area contributed by atoms with Crippen LogP contribution in [0.1, 0.15) is 31.5 Å². The lowest BCUT2D eigenvalue weighted by Crippen LogP contribution is -2.23. The van der Waals surface area contributed by atoms with E-state index in [2.05, 4.69) is 23.0 Å². The summed E-state index contributed by atoms with van der Waals surface area (Å²) in [7, 11) is 2.06. The van der Waals surface area contributed by atoms with Gasteiger partial charge >= 0.3 is 0 Å². The second kappa shape index (κ2) is 6.16. The Bertz CT molecular complexity index is 360. The minimum atomic E-state index is -0.00812. The van der Waals surface area contributed by atoms with Gasteiger partial charge in [-0.1, -0.05) is 0 Å². The highest BCUT2D eigenvalue weighted by Gasteiger charge is 2.20. The maximum Gasteiger partial charge on any atom is 0.0641 e. The lowest BCUT2D eigenvalue weighted by molar-refractivity contribution is 0.131. The second-order valence-corrected chi connectivity index (χ2v) is 5.17. The number of nitrogens with zero attached hydrogens (tertiary/aromatic N) is 2. The van der Waals surface area contributed by atoms with E-state index in [1.165, 1.54) is 12.8 Å². The Balaban J connectivity index is 1.74. The minimum Gasteiger partial charge on any atom is -0.379 e. The van der Waals surface area contributed by atoms with E-state index in [0.717, 1.165) is 37.1 Å². The molecule has 0 aliphatic heterocycles. The van der Waals surface area contributed by atoms with Crippen LogP contribution in [0.15, 0.2) is 18.3 Å². The van der Waals surface area contributed by atoms with Gasteiger partial charge in [0.15, 0.2) is 0 Å². The van der Waals surface area contributed by atoms with Crippen LogP contribution < -0.4 is 10.6 Å². The van der Waals surface area contributed by atoms with E-state index < -0.39 is 0 Å². The van der Waals surface area contributed by atoms with Crippen molar-refractivity contribution in [3.63, 3.8) is 0 Å². The van der Waals surface area contributed by atoms with Crippen molar-refractivity contribution in [3.05, 3.63) is 24.0 Å². The van der Waals surface area contributed by atoms with Crippen LogP contribution in [0.5, 0.6) is 0 Å². The first kappa shape index (κ1) is 13.3. The Labute approximate surface area is 109 Å². The van der Waals surface area contributed by atoms with Gasteiger partial charge in [-0.3, -0.25) is 4.98 Å². The van der Waals surface area contributed by atoms with E-state index in [-0.39, 0.29) is 6.04 Å². The molecule has 0 radical (unpaired) electrons. The number of likely N-dealkylation sites (N-methyl/N-ethyl adjacent to an activating group) is 1. The van der Waals surface area contributed by atoms with Crippen LogP contribution in [-0.4, -0.2) is 31.8 Å². The summed E-state index contributed by atoms with van der Waals surface area (Å²) >= 11 is 0. The van der Waals surface area contributed by atoms with Crippen LogP contribution >= 0.6 is 0 Å². The molecule has 18 heavy (non-hydrogen) atoms. The zero-order valence-corrected chi connectivity index (χ0v) is 11.3. The maximum absolute atomic E-state index is 5.78. The smallest absolute Gasteiger partial charge is 0.0641 e. The maximum atomic E-state index is 5.78. The molecule has 1 atom stereocenters. The van der Waals surface area contributed by atoms with Gasteiger partial charge in [0, 0.05) is 26.2 Å². The average Bonchev–Trinajstić information content (AvgIpc) is 3.18. The average molecular weight is 249 g/mol. The Morgan fingerprint density at radius 2 is 2.28 bits per heavy atom. The van der Waals surface area contributed by atoms with E-state index in [0.29, 0.717) is 0 Å². The molecule has 1 fully saturated rings. The number of nitrogens with two attached hydrogens (primary N) is 1. The van der Waals surface area contributed by atoms with Crippen molar-refractivity contribution in [2.75, 3.05) is 31.7 Å². The van der Waals surface area contributed by atoms with Crippen molar-refractivity contribution >= 4 is 5.69 Å². The third-order valence-electron chi connectivity index (χ3n) is 3.30. The van der Waals surface area contributed by atoms with Gasteiger partial charge in [0.05, 0.1) is 24.2 Å². The molecule has 1 aromatic heterocycles. The molecule has 4 heteroatoms. The molecule has 0 bridgehead atoms. The molecule has 100 valence electrons. The van der Waals surface area contributed by atoms with E-state index in [9.17, 15) is 0 Å². The van der Waals surface area contributed by atoms with Gasteiger partial charge in [-0.15, -0.1) is 0 Å². The van der Waals surface area contributed by atoms with Crippen LogP contribution in [-0.2, 0) is 4.74 Å². The number of pyridine rings is 1. The molecule has 4 nitrogen and oxygen atoms in total. The summed E-state index contributed by atoms with van der Waals surface area (Å²) in [5, 5.41) is 0. The molecule has 0 aromatic carbocycles. The molecule has 1 aliphatic carbocycles. The van der Waals surface area contributed by atoms with Crippen LogP contribution in [0.4, 0.5) is 5.69 Å². The highest BCUT2D eigenvalue weighted by molar-refractivity contribution is 5.43. The fraction of sp³-hybridized carbons (Fsp3) is 0.643. The summed E-state index contributed by atoms with van der Waals surface area (Å²) < 4.78 is 5.63. The lowest BCUT2D eigenvalue weighted by atomic mass is 10.2. The number of aromatic nitrogens is 1. The summed E-state index contributed by atoms with van der Waals surface area (Å²) in [4.78, 5) is 6.52. The van der Waals surface area contributed by atoms with Gasteiger partial charge in [-0.2, -0.15) is 0 Å². The third-order valence-corrected chi connectivity index (χ3v) is 3.30. The van der Waals surface area contributed by atoms with Crippen LogP contribution in [0.25, 0.3) is 0 Å². The van der Waals surface area contributed by atoms with E-state index in [1.54, 1.807) is 0 Å². The molecule has 2 rings (SSSR count). The summed E-state index contributed by atoms with van der Waals surface area (Å²) in [6.07, 6.45) is 4.57. The predicted molar refractivity (Wildman–Crippen MR) is 73.7 cm³/mol. The van der Waals surface area contributed by atoms with Gasteiger partial charge in [-0.25, -0.2) is 0 Å². The van der Waals surface area contributed by atoms with E-state index in [1.807, 2.05) is 19.2 Å². The first-order chi connectivity index (χ1) is 8.66. The number of anilines is 1. The molecule has 2 N–H and O–H groups in total. The fourth-order valence-electron chi connectivity index (χ4n) is 1.76. The quantitative estimate of drug-likeness (QED) is 0.751. The van der Waals surface area contributed by atoms with E-state index >= 15 is 0 Å². The molecular formula is C14H23N3O. The fourth-order valence-corrected chi connectivity index (χ4v) is 1.76.